The number of carbonyl (C=O) groups excluding carboxylic acids is 1. The lowest BCUT2D eigenvalue weighted by Crippen LogP contribution is -2.27. The maximum atomic E-state index is 12.4. The van der Waals surface area contributed by atoms with Gasteiger partial charge in [0.1, 0.15) is 11.6 Å². The number of hydrogen-bond donors (Lipinski definition) is 1. The van der Waals surface area contributed by atoms with E-state index in [2.05, 4.69) is 25.3 Å². The topological polar surface area (TPSA) is 84.2 Å². The predicted molar refractivity (Wildman–Crippen MR) is 105 cm³/mol. The lowest BCUT2D eigenvalue weighted by Gasteiger charge is -2.21. The Labute approximate surface area is 163 Å². The molecule has 0 bridgehead atoms. The van der Waals surface area contributed by atoms with Crippen molar-refractivity contribution in [3.63, 3.8) is 0 Å². The molecule has 1 N–H and O–H groups in total. The van der Waals surface area contributed by atoms with Crippen LogP contribution in [0, 0.1) is 0 Å². The zero-order chi connectivity index (χ0) is 19.3. The van der Waals surface area contributed by atoms with Crippen LogP contribution in [-0.4, -0.2) is 34.6 Å². The summed E-state index contributed by atoms with van der Waals surface area (Å²) in [6.45, 7) is 1.16. The lowest BCUT2D eigenvalue weighted by molar-refractivity contribution is 0.0941. The van der Waals surface area contributed by atoms with Gasteiger partial charge in [0.2, 0.25) is 0 Å². The van der Waals surface area contributed by atoms with Crippen LogP contribution in [0.4, 0.5) is 5.82 Å². The third-order valence-electron chi connectivity index (χ3n) is 4.84. The van der Waals surface area contributed by atoms with Crippen molar-refractivity contribution in [3.05, 3.63) is 71.5 Å². The van der Waals surface area contributed by atoms with Gasteiger partial charge in [-0.05, 0) is 31.0 Å². The second-order valence-electron chi connectivity index (χ2n) is 7.05. The lowest BCUT2D eigenvalue weighted by atomic mass is 10.2. The molecule has 0 aromatic carbocycles. The minimum atomic E-state index is -0.235. The molecule has 0 saturated heterocycles. The Kier molecular flexibility index (Phi) is 5.32. The number of hydrogen-bond acceptors (Lipinski definition) is 6. The van der Waals surface area contributed by atoms with Gasteiger partial charge in [0.05, 0.1) is 0 Å². The SMILES string of the molecule is CN(CCc1ccccn1)c1ncccc1CNC(=O)c1cc(C2CC2)on1. The normalized spacial score (nSPS) is 13.3. The van der Waals surface area contributed by atoms with Gasteiger partial charge in [-0.2, -0.15) is 0 Å². The van der Waals surface area contributed by atoms with Crippen molar-refractivity contribution in [1.82, 2.24) is 20.4 Å². The molecule has 7 nitrogen and oxygen atoms in total. The van der Waals surface area contributed by atoms with Gasteiger partial charge in [-0.3, -0.25) is 9.78 Å². The van der Waals surface area contributed by atoms with Crippen LogP contribution in [0.5, 0.6) is 0 Å². The maximum Gasteiger partial charge on any atom is 0.273 e. The molecule has 4 rings (SSSR count). The van der Waals surface area contributed by atoms with Gasteiger partial charge >= 0.3 is 0 Å². The van der Waals surface area contributed by atoms with Gasteiger partial charge < -0.3 is 14.7 Å². The van der Waals surface area contributed by atoms with E-state index in [0.717, 1.165) is 48.6 Å². The summed E-state index contributed by atoms with van der Waals surface area (Å²) in [6.07, 6.45) is 6.61. The van der Waals surface area contributed by atoms with Gasteiger partial charge in [0, 0.05) is 62.2 Å². The van der Waals surface area contributed by atoms with Gasteiger partial charge in [-0.25, -0.2) is 4.98 Å². The van der Waals surface area contributed by atoms with Crippen LogP contribution in [0.1, 0.15) is 46.3 Å². The molecule has 0 radical (unpaired) electrons. The van der Waals surface area contributed by atoms with E-state index in [0.29, 0.717) is 18.2 Å². The highest BCUT2D eigenvalue weighted by atomic mass is 16.5. The molecular formula is C21H23N5O2. The molecule has 3 heterocycles. The fraction of sp³-hybridized carbons (Fsp3) is 0.333. The predicted octanol–water partition coefficient (Wildman–Crippen LogP) is 2.95. The summed E-state index contributed by atoms with van der Waals surface area (Å²) in [5.41, 5.74) is 2.32. The molecule has 0 atom stereocenters. The van der Waals surface area contributed by atoms with Crippen molar-refractivity contribution in [1.29, 1.82) is 0 Å². The third kappa shape index (κ3) is 4.36. The van der Waals surface area contributed by atoms with Crippen LogP contribution in [0.3, 0.4) is 0 Å². The molecule has 0 aliphatic heterocycles. The molecule has 1 saturated carbocycles. The van der Waals surface area contributed by atoms with E-state index in [1.54, 1.807) is 18.5 Å². The largest absolute Gasteiger partial charge is 0.360 e. The minimum Gasteiger partial charge on any atom is -0.360 e. The van der Waals surface area contributed by atoms with E-state index < -0.39 is 0 Å². The Morgan fingerprint density at radius 3 is 2.86 bits per heavy atom. The molecule has 3 aromatic heterocycles. The third-order valence-corrected chi connectivity index (χ3v) is 4.84. The second kappa shape index (κ2) is 8.21. The van der Waals surface area contributed by atoms with Crippen LogP contribution in [-0.2, 0) is 13.0 Å². The second-order valence-corrected chi connectivity index (χ2v) is 7.05. The molecule has 1 amide bonds. The first kappa shape index (κ1) is 18.2. The summed E-state index contributed by atoms with van der Waals surface area (Å²) >= 11 is 0. The Hall–Kier alpha value is -3.22. The number of aromatic nitrogens is 3. The summed E-state index contributed by atoms with van der Waals surface area (Å²) in [4.78, 5) is 23.3. The minimum absolute atomic E-state index is 0.235. The number of amides is 1. The fourth-order valence-electron chi connectivity index (χ4n) is 3.07. The van der Waals surface area contributed by atoms with Gasteiger partial charge in [0.15, 0.2) is 5.69 Å². The van der Waals surface area contributed by atoms with Crippen LogP contribution < -0.4 is 10.2 Å². The van der Waals surface area contributed by atoms with E-state index in [-0.39, 0.29) is 5.91 Å². The zero-order valence-corrected chi connectivity index (χ0v) is 15.8. The summed E-state index contributed by atoms with van der Waals surface area (Å²) in [6, 6.07) is 11.5. The van der Waals surface area contributed by atoms with Crippen molar-refractivity contribution in [2.75, 3.05) is 18.5 Å². The van der Waals surface area contributed by atoms with E-state index in [4.69, 9.17) is 4.52 Å². The molecular weight excluding hydrogens is 354 g/mol. The first-order valence-corrected chi connectivity index (χ1v) is 9.50. The van der Waals surface area contributed by atoms with E-state index in [9.17, 15) is 4.79 Å². The smallest absolute Gasteiger partial charge is 0.273 e. The van der Waals surface area contributed by atoms with Crippen LogP contribution in [0.15, 0.2) is 53.3 Å². The first-order valence-electron chi connectivity index (χ1n) is 9.50. The quantitative estimate of drug-likeness (QED) is 0.650. The molecule has 1 aliphatic rings. The average Bonchev–Trinajstić information content (AvgIpc) is 3.47. The molecule has 3 aromatic rings. The Morgan fingerprint density at radius 2 is 2.07 bits per heavy atom. The number of likely N-dealkylation sites (N-methyl/N-ethyl adjacent to an activating group) is 1. The molecule has 144 valence electrons. The summed E-state index contributed by atoms with van der Waals surface area (Å²) < 4.78 is 5.26. The molecule has 0 spiro atoms. The number of nitrogens with zero attached hydrogens (tertiary/aromatic N) is 4. The maximum absolute atomic E-state index is 12.4. The van der Waals surface area contributed by atoms with Gasteiger partial charge in [-0.1, -0.05) is 17.3 Å². The Morgan fingerprint density at radius 1 is 1.21 bits per heavy atom. The van der Waals surface area contributed by atoms with Crippen LogP contribution in [0.2, 0.25) is 0 Å². The van der Waals surface area contributed by atoms with E-state index in [1.165, 1.54) is 0 Å². The van der Waals surface area contributed by atoms with Crippen molar-refractivity contribution in [2.45, 2.75) is 31.7 Å². The summed E-state index contributed by atoms with van der Waals surface area (Å²) in [5.74, 6) is 1.85. The van der Waals surface area contributed by atoms with E-state index in [1.807, 2.05) is 37.4 Å². The zero-order valence-electron chi connectivity index (χ0n) is 15.8. The number of anilines is 1. The number of pyridine rings is 2. The first-order chi connectivity index (χ1) is 13.7. The van der Waals surface area contributed by atoms with Gasteiger partial charge in [0.25, 0.3) is 5.91 Å². The van der Waals surface area contributed by atoms with Gasteiger partial charge in [-0.15, -0.1) is 0 Å². The standard InChI is InChI=1S/C21H23N5O2/c1-26(12-9-17-6-2-3-10-22-17)20-16(5-4-11-23-20)14-24-21(27)18-13-19(28-25-18)15-7-8-15/h2-6,10-11,13,15H,7-9,12,14H2,1H3,(H,24,27). The summed E-state index contributed by atoms with van der Waals surface area (Å²) in [7, 11) is 2.00. The Balaban J connectivity index is 1.37. The van der Waals surface area contributed by atoms with Crippen LogP contribution in [0.25, 0.3) is 0 Å². The van der Waals surface area contributed by atoms with Crippen LogP contribution >= 0.6 is 0 Å². The molecule has 1 aliphatic carbocycles. The molecule has 28 heavy (non-hydrogen) atoms. The monoisotopic (exact) mass is 377 g/mol. The highest BCUT2D eigenvalue weighted by Crippen LogP contribution is 2.40. The molecule has 0 unspecified atom stereocenters. The molecule has 7 heteroatoms. The van der Waals surface area contributed by atoms with Crippen molar-refractivity contribution in [2.24, 2.45) is 0 Å². The Bertz CT molecular complexity index is 937. The van der Waals surface area contributed by atoms with Crippen molar-refractivity contribution in [3.8, 4) is 0 Å². The van der Waals surface area contributed by atoms with Crippen molar-refractivity contribution < 1.29 is 9.32 Å². The van der Waals surface area contributed by atoms with Crippen molar-refractivity contribution >= 4 is 11.7 Å². The average molecular weight is 377 g/mol. The summed E-state index contributed by atoms with van der Waals surface area (Å²) in [5, 5.41) is 6.81. The van der Waals surface area contributed by atoms with E-state index >= 15 is 0 Å². The highest BCUT2D eigenvalue weighted by Gasteiger charge is 2.28. The number of carbonyl (C=O) groups is 1. The number of rotatable bonds is 8. The highest BCUT2D eigenvalue weighted by molar-refractivity contribution is 5.92. The number of nitrogens with one attached hydrogen (secondary N) is 1. The molecule has 1 fully saturated rings. The fourth-order valence-corrected chi connectivity index (χ4v) is 3.07.